The number of aldehydes is 2. The maximum absolute atomic E-state index is 11.9. The molecule has 0 bridgehead atoms. The summed E-state index contributed by atoms with van der Waals surface area (Å²) in [6, 6.07) is 12.8. The molecular weight excluding hydrogens is 384 g/mol. The Bertz CT molecular complexity index is 1470. The number of aromatic carboxylic acids is 2. The van der Waals surface area contributed by atoms with Crippen LogP contribution in [0.1, 0.15) is 41.4 Å². The first kappa shape index (κ1) is 17.8. The van der Waals surface area contributed by atoms with E-state index in [2.05, 4.69) is 0 Å². The summed E-state index contributed by atoms with van der Waals surface area (Å²) in [7, 11) is 0. The Labute approximate surface area is 168 Å². The Morgan fingerprint density at radius 1 is 0.533 bits per heavy atom. The molecule has 0 aliphatic carbocycles. The molecule has 2 N–H and O–H groups in total. The van der Waals surface area contributed by atoms with E-state index in [-0.39, 0.29) is 16.5 Å². The lowest BCUT2D eigenvalue weighted by atomic mass is 9.84. The van der Waals surface area contributed by atoms with E-state index in [0.29, 0.717) is 61.4 Å². The normalized spacial score (nSPS) is 11.5. The average molecular weight is 396 g/mol. The van der Waals surface area contributed by atoms with Crippen molar-refractivity contribution in [2.45, 2.75) is 0 Å². The molecule has 5 aromatic rings. The number of hydrogen-bond donors (Lipinski definition) is 2. The number of fused-ring (bicyclic) bond motifs is 2. The van der Waals surface area contributed by atoms with Gasteiger partial charge in [0.1, 0.15) is 0 Å². The Morgan fingerprint density at radius 3 is 1.27 bits per heavy atom. The maximum Gasteiger partial charge on any atom is 0.336 e. The molecule has 0 atom stereocenters. The van der Waals surface area contributed by atoms with Crippen molar-refractivity contribution < 1.29 is 29.4 Å². The highest BCUT2D eigenvalue weighted by atomic mass is 16.4. The minimum atomic E-state index is -1.22. The minimum absolute atomic E-state index is 0.0956. The van der Waals surface area contributed by atoms with Gasteiger partial charge in [0, 0.05) is 21.9 Å². The van der Waals surface area contributed by atoms with Gasteiger partial charge in [0.05, 0.1) is 11.1 Å². The zero-order chi connectivity index (χ0) is 21.2. The smallest absolute Gasteiger partial charge is 0.336 e. The van der Waals surface area contributed by atoms with E-state index in [1.54, 1.807) is 36.4 Å². The highest BCUT2D eigenvalue weighted by Crippen LogP contribution is 2.43. The number of carbonyl (C=O) groups excluding carboxylic acids is 2. The second-order valence-electron chi connectivity index (χ2n) is 7.07. The second kappa shape index (κ2) is 6.09. The lowest BCUT2D eigenvalue weighted by Gasteiger charge is -2.18. The number of carboxylic acid groups (broad SMARTS) is 2. The van der Waals surface area contributed by atoms with Gasteiger partial charge in [0.2, 0.25) is 0 Å². The van der Waals surface area contributed by atoms with Crippen LogP contribution in [0, 0.1) is 0 Å². The van der Waals surface area contributed by atoms with Crippen LogP contribution in [-0.4, -0.2) is 34.7 Å². The molecule has 0 fully saturated rings. The molecule has 6 heteroatoms. The minimum Gasteiger partial charge on any atom is -0.478 e. The SMILES string of the molecule is O=Cc1ccc2c3ccc(C(=O)O)c4c(C(=O)O)ccc(c5ccc(C=O)c1c25)c43. The van der Waals surface area contributed by atoms with E-state index in [1.807, 2.05) is 0 Å². The van der Waals surface area contributed by atoms with Gasteiger partial charge in [-0.05, 0) is 44.5 Å². The van der Waals surface area contributed by atoms with Gasteiger partial charge in [-0.15, -0.1) is 0 Å². The van der Waals surface area contributed by atoms with Gasteiger partial charge in [0.15, 0.2) is 12.6 Å². The van der Waals surface area contributed by atoms with Crippen LogP contribution in [0.15, 0.2) is 48.5 Å². The molecule has 5 rings (SSSR count). The second-order valence-corrected chi connectivity index (χ2v) is 7.07. The van der Waals surface area contributed by atoms with Crippen LogP contribution in [0.2, 0.25) is 0 Å². The molecule has 0 spiro atoms. The molecule has 0 amide bonds. The number of hydrogen-bond acceptors (Lipinski definition) is 4. The first-order valence-corrected chi connectivity index (χ1v) is 9.05. The van der Waals surface area contributed by atoms with Crippen LogP contribution in [-0.2, 0) is 0 Å². The van der Waals surface area contributed by atoms with Gasteiger partial charge in [-0.25, -0.2) is 9.59 Å². The summed E-state index contributed by atoms with van der Waals surface area (Å²) in [4.78, 5) is 47.0. The zero-order valence-corrected chi connectivity index (χ0v) is 15.3. The van der Waals surface area contributed by atoms with Crippen molar-refractivity contribution in [2.75, 3.05) is 0 Å². The van der Waals surface area contributed by atoms with Gasteiger partial charge >= 0.3 is 11.9 Å². The molecule has 0 heterocycles. The van der Waals surface area contributed by atoms with Gasteiger partial charge in [0.25, 0.3) is 0 Å². The van der Waals surface area contributed by atoms with Crippen molar-refractivity contribution in [3.63, 3.8) is 0 Å². The Morgan fingerprint density at radius 2 is 0.900 bits per heavy atom. The Balaban J connectivity index is 2.18. The topological polar surface area (TPSA) is 109 Å². The van der Waals surface area contributed by atoms with Crippen LogP contribution in [0.4, 0.5) is 0 Å². The maximum atomic E-state index is 11.9. The number of carbonyl (C=O) groups is 4. The highest BCUT2D eigenvalue weighted by Gasteiger charge is 2.23. The van der Waals surface area contributed by atoms with Gasteiger partial charge in [-0.1, -0.05) is 36.4 Å². The Hall–Kier alpha value is -4.32. The summed E-state index contributed by atoms with van der Waals surface area (Å²) in [6.45, 7) is 0. The molecule has 0 aromatic heterocycles. The summed E-state index contributed by atoms with van der Waals surface area (Å²) in [5.41, 5.74) is 0.562. The molecule has 30 heavy (non-hydrogen) atoms. The van der Waals surface area contributed by atoms with E-state index in [1.165, 1.54) is 12.1 Å². The quantitative estimate of drug-likeness (QED) is 0.258. The van der Waals surface area contributed by atoms with Crippen molar-refractivity contribution in [3.05, 3.63) is 70.8 Å². The predicted molar refractivity (Wildman–Crippen MR) is 112 cm³/mol. The molecule has 144 valence electrons. The van der Waals surface area contributed by atoms with Crippen molar-refractivity contribution in [1.82, 2.24) is 0 Å². The average Bonchev–Trinajstić information content (AvgIpc) is 2.75. The largest absolute Gasteiger partial charge is 0.478 e. The number of carboxylic acids is 2. The van der Waals surface area contributed by atoms with Crippen molar-refractivity contribution >= 4 is 67.6 Å². The molecule has 0 unspecified atom stereocenters. The third-order valence-corrected chi connectivity index (χ3v) is 5.68. The third kappa shape index (κ3) is 2.13. The van der Waals surface area contributed by atoms with Crippen molar-refractivity contribution in [1.29, 1.82) is 0 Å². The third-order valence-electron chi connectivity index (χ3n) is 5.68. The standard InChI is InChI=1S/C24H12O6/c25-9-11-1-3-13-15-5-7-17(23(27)28)22-18(24(29)30)8-6-16(21(15)22)14-4-2-12(10-26)19(11)20(13)14/h1-10H,(H,27,28)(H,29,30). The molecule has 0 saturated heterocycles. The molecular formula is C24H12O6. The van der Waals surface area contributed by atoms with Crippen molar-refractivity contribution in [2.24, 2.45) is 0 Å². The van der Waals surface area contributed by atoms with E-state index in [0.717, 1.165) is 0 Å². The number of rotatable bonds is 4. The predicted octanol–water partition coefficient (Wildman–Crippen LogP) is 4.76. The molecule has 0 saturated carbocycles. The zero-order valence-electron chi connectivity index (χ0n) is 15.3. The summed E-state index contributed by atoms with van der Waals surface area (Å²) in [5, 5.41) is 24.0. The molecule has 6 nitrogen and oxygen atoms in total. The van der Waals surface area contributed by atoms with E-state index in [4.69, 9.17) is 0 Å². The van der Waals surface area contributed by atoms with Gasteiger partial charge < -0.3 is 10.2 Å². The summed E-state index contributed by atoms with van der Waals surface area (Å²) < 4.78 is 0. The highest BCUT2D eigenvalue weighted by molar-refractivity contribution is 6.37. The van der Waals surface area contributed by atoms with Crippen LogP contribution >= 0.6 is 0 Å². The lowest BCUT2D eigenvalue weighted by molar-refractivity contribution is 0.0695. The molecule has 0 aliphatic rings. The fourth-order valence-corrected chi connectivity index (χ4v) is 4.50. The van der Waals surface area contributed by atoms with Crippen LogP contribution < -0.4 is 0 Å². The van der Waals surface area contributed by atoms with E-state index < -0.39 is 11.9 Å². The first-order chi connectivity index (χ1) is 14.5. The van der Waals surface area contributed by atoms with Gasteiger partial charge in [-0.2, -0.15) is 0 Å². The summed E-state index contributed by atoms with van der Waals surface area (Å²) >= 11 is 0. The van der Waals surface area contributed by atoms with Crippen molar-refractivity contribution in [3.8, 4) is 0 Å². The summed E-state index contributed by atoms with van der Waals surface area (Å²) in [5.74, 6) is -2.44. The lowest BCUT2D eigenvalue weighted by Crippen LogP contribution is -2.05. The fourth-order valence-electron chi connectivity index (χ4n) is 4.50. The molecule has 0 radical (unpaired) electrons. The van der Waals surface area contributed by atoms with E-state index >= 15 is 0 Å². The number of benzene rings is 5. The van der Waals surface area contributed by atoms with Crippen LogP contribution in [0.5, 0.6) is 0 Å². The Kier molecular flexibility index (Phi) is 3.60. The van der Waals surface area contributed by atoms with E-state index in [9.17, 15) is 29.4 Å². The monoisotopic (exact) mass is 396 g/mol. The first-order valence-electron chi connectivity index (χ1n) is 9.05. The van der Waals surface area contributed by atoms with Crippen LogP contribution in [0.3, 0.4) is 0 Å². The van der Waals surface area contributed by atoms with Gasteiger partial charge in [-0.3, -0.25) is 9.59 Å². The molecule has 0 aliphatic heterocycles. The van der Waals surface area contributed by atoms with Crippen LogP contribution in [0.25, 0.3) is 43.1 Å². The fraction of sp³-hybridized carbons (Fsp3) is 0. The molecule has 5 aromatic carbocycles. The summed E-state index contributed by atoms with van der Waals surface area (Å²) in [6.07, 6.45) is 1.39.